The van der Waals surface area contributed by atoms with Crippen LogP contribution in [0.3, 0.4) is 0 Å². The number of rotatable bonds is 4. The van der Waals surface area contributed by atoms with Gasteiger partial charge < -0.3 is 10.6 Å². The molecule has 2 aliphatic rings. The number of carbonyl (C=O) groups is 2. The Morgan fingerprint density at radius 1 is 1.09 bits per heavy atom. The Morgan fingerprint density at radius 2 is 1.85 bits per heavy atom. The average molecular weight is 434 g/mol. The van der Waals surface area contributed by atoms with Gasteiger partial charge in [-0.2, -0.15) is 5.26 Å². The molecule has 0 bridgehead atoms. The molecule has 3 aromatic rings. The fourth-order valence-electron chi connectivity index (χ4n) is 5.25. The van der Waals surface area contributed by atoms with Crippen LogP contribution in [0.5, 0.6) is 0 Å². The van der Waals surface area contributed by atoms with Gasteiger partial charge in [-0.3, -0.25) is 14.6 Å². The van der Waals surface area contributed by atoms with Crippen LogP contribution in [0.15, 0.2) is 79.1 Å². The topological polar surface area (TPSA) is 100 Å². The maximum absolute atomic E-state index is 14.1. The molecule has 0 spiro atoms. The van der Waals surface area contributed by atoms with E-state index in [9.17, 15) is 14.9 Å². The van der Waals surface area contributed by atoms with Crippen molar-refractivity contribution in [2.45, 2.75) is 24.9 Å². The molecule has 1 fully saturated rings. The van der Waals surface area contributed by atoms with Gasteiger partial charge >= 0.3 is 0 Å². The molecule has 2 aromatic carbocycles. The maximum atomic E-state index is 14.1. The van der Waals surface area contributed by atoms with Crippen LogP contribution in [0.2, 0.25) is 0 Å². The van der Waals surface area contributed by atoms with Crippen molar-refractivity contribution in [1.29, 1.82) is 5.26 Å². The quantitative estimate of drug-likeness (QED) is 0.632. The number of primary amides is 1. The third-order valence-electron chi connectivity index (χ3n) is 6.79. The summed E-state index contributed by atoms with van der Waals surface area (Å²) in [6.45, 7) is 1.96. The molecule has 6 nitrogen and oxygen atoms in total. The zero-order valence-electron chi connectivity index (χ0n) is 18.1. The number of nitriles is 1. The highest BCUT2D eigenvalue weighted by molar-refractivity contribution is 6.06. The lowest BCUT2D eigenvalue weighted by Gasteiger charge is -2.36. The lowest BCUT2D eigenvalue weighted by Crippen LogP contribution is -2.49. The number of pyridine rings is 1. The number of nitrogens with two attached hydrogens (primary N) is 1. The van der Waals surface area contributed by atoms with Crippen LogP contribution in [0.1, 0.15) is 33.0 Å². The number of fused-ring (bicyclic) bond motifs is 3. The van der Waals surface area contributed by atoms with Crippen molar-refractivity contribution in [3.05, 3.63) is 101 Å². The number of amides is 1. The number of aromatic nitrogens is 1. The van der Waals surface area contributed by atoms with Gasteiger partial charge in [0.1, 0.15) is 6.04 Å². The Hall–Kier alpha value is -4.24. The molecule has 0 radical (unpaired) electrons. The van der Waals surface area contributed by atoms with E-state index >= 15 is 0 Å². The highest BCUT2D eigenvalue weighted by Crippen LogP contribution is 2.55. The lowest BCUT2D eigenvalue weighted by molar-refractivity contribution is -0.125. The first kappa shape index (κ1) is 20.7. The Morgan fingerprint density at radius 3 is 2.52 bits per heavy atom. The summed E-state index contributed by atoms with van der Waals surface area (Å²) < 4.78 is 0. The van der Waals surface area contributed by atoms with Gasteiger partial charge in [-0.15, -0.1) is 0 Å². The number of nitrogens with zero attached hydrogens (tertiary/aromatic N) is 3. The predicted molar refractivity (Wildman–Crippen MR) is 125 cm³/mol. The second kappa shape index (κ2) is 7.72. The molecule has 2 aliphatic heterocycles. The zero-order chi connectivity index (χ0) is 23.2. The van der Waals surface area contributed by atoms with E-state index in [0.717, 1.165) is 16.8 Å². The van der Waals surface area contributed by atoms with E-state index in [4.69, 9.17) is 5.73 Å². The van der Waals surface area contributed by atoms with Crippen molar-refractivity contribution >= 4 is 23.5 Å². The van der Waals surface area contributed by atoms with Gasteiger partial charge in [0.25, 0.3) is 0 Å². The van der Waals surface area contributed by atoms with Crippen molar-refractivity contribution in [2.75, 3.05) is 4.90 Å². The van der Waals surface area contributed by atoms with Gasteiger partial charge in [-0.25, -0.2) is 0 Å². The van der Waals surface area contributed by atoms with Crippen LogP contribution in [0, 0.1) is 23.7 Å². The standard InChI is InChI=1S/C27H22N4O2/c1-17-8-10-19(11-9-17)25(32)24-23(20-6-4-14-30-15-20)27(16-28,26(29)33)22-13-12-18-5-2-3-7-21(18)31(22)24/h2-15,22-24H,1H3,(H2,29,33)/t22-,23-,24-,27+/m1/s1. The zero-order valence-corrected chi connectivity index (χ0v) is 18.1. The van der Waals surface area contributed by atoms with E-state index in [0.29, 0.717) is 11.1 Å². The average Bonchev–Trinajstić information content (AvgIpc) is 3.16. The molecule has 5 rings (SSSR count). The number of Topliss-reactive ketones (excluding diaryl/α,β-unsaturated/α-hetero) is 1. The molecular formula is C27H22N4O2. The number of hydrogen-bond donors (Lipinski definition) is 1. The third kappa shape index (κ3) is 2.97. The molecule has 1 saturated heterocycles. The fraction of sp³-hybridized carbons (Fsp3) is 0.185. The van der Waals surface area contributed by atoms with Gasteiger partial charge in [-0.05, 0) is 30.2 Å². The second-order valence-corrected chi connectivity index (χ2v) is 8.55. The van der Waals surface area contributed by atoms with E-state index < -0.39 is 29.3 Å². The largest absolute Gasteiger partial charge is 0.368 e. The molecule has 3 heterocycles. The van der Waals surface area contributed by atoms with Crippen molar-refractivity contribution < 1.29 is 9.59 Å². The molecule has 4 atom stereocenters. The molecule has 1 aromatic heterocycles. The minimum absolute atomic E-state index is 0.169. The van der Waals surface area contributed by atoms with Crippen LogP contribution in [-0.2, 0) is 4.79 Å². The van der Waals surface area contributed by atoms with Gasteiger partial charge in [0.15, 0.2) is 11.2 Å². The van der Waals surface area contributed by atoms with Gasteiger partial charge in [0.2, 0.25) is 5.91 Å². The summed E-state index contributed by atoms with van der Waals surface area (Å²) in [5, 5.41) is 10.5. The Kier molecular flexibility index (Phi) is 4.83. The molecule has 6 heteroatoms. The van der Waals surface area contributed by atoms with Crippen LogP contribution in [0.25, 0.3) is 6.08 Å². The molecule has 0 saturated carbocycles. The summed E-state index contributed by atoms with van der Waals surface area (Å²) in [4.78, 5) is 33.3. The summed E-state index contributed by atoms with van der Waals surface area (Å²) in [5.74, 6) is -1.72. The number of ketones is 1. The Labute approximate surface area is 192 Å². The van der Waals surface area contributed by atoms with E-state index in [-0.39, 0.29) is 5.78 Å². The molecule has 0 aliphatic carbocycles. The Bertz CT molecular complexity index is 1310. The van der Waals surface area contributed by atoms with E-state index in [1.165, 1.54) is 0 Å². The van der Waals surface area contributed by atoms with Gasteiger partial charge in [0.05, 0.1) is 12.1 Å². The normalized spacial score (nSPS) is 25.1. The first-order chi connectivity index (χ1) is 16.0. The van der Waals surface area contributed by atoms with E-state index in [1.807, 2.05) is 60.4 Å². The number of anilines is 1. The summed E-state index contributed by atoms with van der Waals surface area (Å²) in [5.41, 5.74) is 8.20. The van der Waals surface area contributed by atoms with Crippen molar-refractivity contribution in [2.24, 2.45) is 11.1 Å². The summed E-state index contributed by atoms with van der Waals surface area (Å²) in [6, 6.07) is 19.3. The summed E-state index contributed by atoms with van der Waals surface area (Å²) in [6.07, 6.45) is 6.95. The number of aryl methyl sites for hydroxylation is 1. The summed E-state index contributed by atoms with van der Waals surface area (Å²) >= 11 is 0. The fourth-order valence-corrected chi connectivity index (χ4v) is 5.25. The number of para-hydroxylation sites is 1. The van der Waals surface area contributed by atoms with Crippen LogP contribution in [-0.4, -0.2) is 28.8 Å². The minimum Gasteiger partial charge on any atom is -0.368 e. The van der Waals surface area contributed by atoms with Crippen LogP contribution in [0.4, 0.5) is 5.69 Å². The number of hydrogen-bond acceptors (Lipinski definition) is 5. The van der Waals surface area contributed by atoms with E-state index in [2.05, 4.69) is 11.1 Å². The van der Waals surface area contributed by atoms with Gasteiger partial charge in [0, 0.05) is 29.6 Å². The number of carbonyl (C=O) groups excluding carboxylic acids is 2. The maximum Gasteiger partial charge on any atom is 0.241 e. The molecule has 0 unspecified atom stereocenters. The molecule has 2 N–H and O–H groups in total. The molecule has 33 heavy (non-hydrogen) atoms. The Balaban J connectivity index is 1.80. The minimum atomic E-state index is -1.65. The molecule has 1 amide bonds. The lowest BCUT2D eigenvalue weighted by atomic mass is 9.68. The van der Waals surface area contributed by atoms with Crippen molar-refractivity contribution in [3.63, 3.8) is 0 Å². The third-order valence-corrected chi connectivity index (χ3v) is 6.79. The number of benzene rings is 2. The van der Waals surface area contributed by atoms with Crippen molar-refractivity contribution in [3.8, 4) is 6.07 Å². The SMILES string of the molecule is Cc1ccc(C(=O)[C@H]2[C@@H](c3cccnc3)[C@@](C#N)(C(N)=O)[C@H]3C=Cc4ccccc4N23)cc1. The second-order valence-electron chi connectivity index (χ2n) is 8.55. The smallest absolute Gasteiger partial charge is 0.241 e. The van der Waals surface area contributed by atoms with Crippen LogP contribution < -0.4 is 10.6 Å². The van der Waals surface area contributed by atoms with Crippen LogP contribution >= 0.6 is 0 Å². The molecule has 162 valence electrons. The first-order valence-electron chi connectivity index (χ1n) is 10.8. The van der Waals surface area contributed by atoms with Crippen molar-refractivity contribution in [1.82, 2.24) is 4.98 Å². The predicted octanol–water partition coefficient (Wildman–Crippen LogP) is 3.64. The molecular weight excluding hydrogens is 412 g/mol. The highest BCUT2D eigenvalue weighted by atomic mass is 16.1. The highest BCUT2D eigenvalue weighted by Gasteiger charge is 2.65. The van der Waals surface area contributed by atoms with E-state index in [1.54, 1.807) is 36.7 Å². The monoisotopic (exact) mass is 434 g/mol. The van der Waals surface area contributed by atoms with Gasteiger partial charge in [-0.1, -0.05) is 66.2 Å². The first-order valence-corrected chi connectivity index (χ1v) is 10.8. The summed E-state index contributed by atoms with van der Waals surface area (Å²) in [7, 11) is 0.